The van der Waals surface area contributed by atoms with Crippen molar-refractivity contribution < 1.29 is 14.3 Å². The Morgan fingerprint density at radius 3 is 2.43 bits per heavy atom. The van der Waals surface area contributed by atoms with Crippen LogP contribution < -0.4 is 11.1 Å². The molecule has 128 valence electrons. The number of carbonyl (C=O) groups is 2. The third-order valence-corrected chi connectivity index (χ3v) is 3.26. The summed E-state index contributed by atoms with van der Waals surface area (Å²) < 4.78 is 5.16. The van der Waals surface area contributed by atoms with Crippen LogP contribution in [0.2, 0.25) is 0 Å². The van der Waals surface area contributed by atoms with E-state index in [1.54, 1.807) is 12.0 Å². The molecule has 0 aliphatic heterocycles. The first kappa shape index (κ1) is 19.1. The largest absolute Gasteiger partial charge is 0.380 e. The maximum Gasteiger partial charge on any atom is 0.234 e. The van der Waals surface area contributed by atoms with Crippen molar-refractivity contribution in [3.05, 3.63) is 35.4 Å². The Morgan fingerprint density at radius 2 is 1.87 bits per heavy atom. The lowest BCUT2D eigenvalue weighted by Gasteiger charge is -2.22. The zero-order valence-corrected chi connectivity index (χ0v) is 14.2. The lowest BCUT2D eigenvalue weighted by molar-refractivity contribution is -0.124. The molecule has 0 bridgehead atoms. The molecule has 0 aliphatic rings. The second-order valence-corrected chi connectivity index (χ2v) is 6.01. The summed E-state index contributed by atoms with van der Waals surface area (Å²) in [5.74, 6) is -0.201. The summed E-state index contributed by atoms with van der Waals surface area (Å²) in [7, 11) is 1.64. The molecule has 0 heterocycles. The van der Waals surface area contributed by atoms with Crippen LogP contribution in [-0.2, 0) is 27.5 Å². The fourth-order valence-electron chi connectivity index (χ4n) is 2.40. The Hall–Kier alpha value is -1.92. The van der Waals surface area contributed by atoms with Gasteiger partial charge in [-0.3, -0.25) is 14.5 Å². The van der Waals surface area contributed by atoms with Gasteiger partial charge in [0.15, 0.2) is 0 Å². The van der Waals surface area contributed by atoms with E-state index in [9.17, 15) is 9.59 Å². The van der Waals surface area contributed by atoms with Crippen molar-refractivity contribution in [3.63, 3.8) is 0 Å². The van der Waals surface area contributed by atoms with Crippen molar-refractivity contribution in [1.82, 2.24) is 10.2 Å². The molecular weight excluding hydrogens is 294 g/mol. The van der Waals surface area contributed by atoms with E-state index < -0.39 is 5.91 Å². The predicted octanol–water partition coefficient (Wildman–Crippen LogP) is 0.893. The molecule has 1 aromatic rings. The van der Waals surface area contributed by atoms with Crippen LogP contribution in [0.1, 0.15) is 25.0 Å². The SMILES string of the molecule is COCc1ccccc1CNC(=O)CN(CC(N)=O)CC(C)C. The molecule has 0 atom stereocenters. The van der Waals surface area contributed by atoms with Crippen LogP contribution in [0.15, 0.2) is 24.3 Å². The molecule has 3 N–H and O–H groups in total. The second-order valence-electron chi connectivity index (χ2n) is 6.01. The van der Waals surface area contributed by atoms with Crippen LogP contribution in [0.5, 0.6) is 0 Å². The van der Waals surface area contributed by atoms with Crippen LogP contribution in [0, 0.1) is 5.92 Å². The van der Waals surface area contributed by atoms with Gasteiger partial charge in [-0.25, -0.2) is 0 Å². The molecule has 0 unspecified atom stereocenters. The zero-order valence-electron chi connectivity index (χ0n) is 14.2. The molecule has 0 saturated carbocycles. The van der Waals surface area contributed by atoms with Gasteiger partial charge in [-0.15, -0.1) is 0 Å². The number of nitrogens with two attached hydrogens (primary N) is 1. The molecule has 6 heteroatoms. The summed E-state index contributed by atoms with van der Waals surface area (Å²) >= 11 is 0. The third kappa shape index (κ3) is 7.76. The number of ether oxygens (including phenoxy) is 1. The Kier molecular flexibility index (Phi) is 8.29. The average Bonchev–Trinajstić information content (AvgIpc) is 2.45. The molecule has 0 radical (unpaired) electrons. The summed E-state index contributed by atoms with van der Waals surface area (Å²) in [5, 5.41) is 2.89. The molecule has 0 spiro atoms. The predicted molar refractivity (Wildman–Crippen MR) is 89.5 cm³/mol. The Morgan fingerprint density at radius 1 is 1.22 bits per heavy atom. The van der Waals surface area contributed by atoms with Gasteiger partial charge in [-0.05, 0) is 17.0 Å². The molecule has 6 nitrogen and oxygen atoms in total. The van der Waals surface area contributed by atoms with Gasteiger partial charge in [0, 0.05) is 20.2 Å². The highest BCUT2D eigenvalue weighted by Crippen LogP contribution is 2.09. The maximum atomic E-state index is 12.1. The molecular formula is C17H27N3O3. The van der Waals surface area contributed by atoms with Gasteiger partial charge in [0.1, 0.15) is 0 Å². The summed E-state index contributed by atoms with van der Waals surface area (Å²) in [4.78, 5) is 25.0. The summed E-state index contributed by atoms with van der Waals surface area (Å²) in [6.07, 6.45) is 0. The van der Waals surface area contributed by atoms with Gasteiger partial charge in [0.05, 0.1) is 19.7 Å². The van der Waals surface area contributed by atoms with Crippen LogP contribution in [0.3, 0.4) is 0 Å². The second kappa shape index (κ2) is 9.97. The van der Waals surface area contributed by atoms with Gasteiger partial charge in [0.2, 0.25) is 11.8 Å². The van der Waals surface area contributed by atoms with E-state index in [1.165, 1.54) is 0 Å². The van der Waals surface area contributed by atoms with E-state index in [4.69, 9.17) is 10.5 Å². The van der Waals surface area contributed by atoms with Crippen LogP contribution in [-0.4, -0.2) is 43.5 Å². The van der Waals surface area contributed by atoms with Gasteiger partial charge in [-0.1, -0.05) is 38.1 Å². The van der Waals surface area contributed by atoms with Gasteiger partial charge >= 0.3 is 0 Å². The van der Waals surface area contributed by atoms with E-state index >= 15 is 0 Å². The molecule has 0 fully saturated rings. The average molecular weight is 321 g/mol. The topological polar surface area (TPSA) is 84.7 Å². The Balaban J connectivity index is 2.56. The lowest BCUT2D eigenvalue weighted by atomic mass is 10.1. The number of primary amides is 1. The molecule has 1 aromatic carbocycles. The molecule has 0 saturated heterocycles. The van der Waals surface area contributed by atoms with Crippen molar-refractivity contribution in [2.24, 2.45) is 11.7 Å². The Bertz CT molecular complexity index is 518. The highest BCUT2D eigenvalue weighted by molar-refractivity contribution is 5.80. The first-order valence-corrected chi connectivity index (χ1v) is 7.75. The lowest BCUT2D eigenvalue weighted by Crippen LogP contribution is -2.42. The molecule has 23 heavy (non-hydrogen) atoms. The minimum Gasteiger partial charge on any atom is -0.380 e. The van der Waals surface area contributed by atoms with E-state index in [2.05, 4.69) is 5.32 Å². The number of nitrogens with zero attached hydrogens (tertiary/aromatic N) is 1. The fraction of sp³-hybridized carbons (Fsp3) is 0.529. The number of hydrogen-bond acceptors (Lipinski definition) is 4. The normalized spacial score (nSPS) is 11.0. The van der Waals surface area contributed by atoms with Crippen LogP contribution in [0.25, 0.3) is 0 Å². The van der Waals surface area contributed by atoms with Crippen LogP contribution in [0.4, 0.5) is 0 Å². The van der Waals surface area contributed by atoms with Gasteiger partial charge < -0.3 is 15.8 Å². The Labute approximate surface area is 138 Å². The highest BCUT2D eigenvalue weighted by atomic mass is 16.5. The third-order valence-electron chi connectivity index (χ3n) is 3.26. The monoisotopic (exact) mass is 321 g/mol. The van der Waals surface area contributed by atoms with Crippen LogP contribution >= 0.6 is 0 Å². The number of methoxy groups -OCH3 is 1. The van der Waals surface area contributed by atoms with E-state index in [1.807, 2.05) is 38.1 Å². The number of carbonyl (C=O) groups excluding carboxylic acids is 2. The quantitative estimate of drug-likeness (QED) is 0.670. The minimum atomic E-state index is -0.427. The summed E-state index contributed by atoms with van der Waals surface area (Å²) in [5.41, 5.74) is 7.31. The first-order chi connectivity index (χ1) is 10.9. The molecule has 0 aromatic heterocycles. The van der Waals surface area contributed by atoms with Crippen molar-refractivity contribution >= 4 is 11.8 Å². The standard InChI is InChI=1S/C17H27N3O3/c1-13(2)9-20(10-16(18)21)11-17(22)19-8-14-6-4-5-7-15(14)12-23-3/h4-7,13H,8-12H2,1-3H3,(H2,18,21)(H,19,22). The van der Waals surface area contributed by atoms with Crippen molar-refractivity contribution in [2.75, 3.05) is 26.7 Å². The number of amides is 2. The van der Waals surface area contributed by atoms with Crippen molar-refractivity contribution in [1.29, 1.82) is 0 Å². The van der Waals surface area contributed by atoms with Crippen molar-refractivity contribution in [2.45, 2.75) is 27.0 Å². The van der Waals surface area contributed by atoms with Crippen molar-refractivity contribution in [3.8, 4) is 0 Å². The number of nitrogens with one attached hydrogen (secondary N) is 1. The highest BCUT2D eigenvalue weighted by Gasteiger charge is 2.14. The van der Waals surface area contributed by atoms with E-state index in [-0.39, 0.29) is 19.0 Å². The molecule has 0 aliphatic carbocycles. The number of rotatable bonds is 10. The smallest absolute Gasteiger partial charge is 0.234 e. The van der Waals surface area contributed by atoms with E-state index in [0.29, 0.717) is 25.6 Å². The van der Waals surface area contributed by atoms with Gasteiger partial charge in [0.25, 0.3) is 0 Å². The zero-order chi connectivity index (χ0) is 17.2. The maximum absolute atomic E-state index is 12.1. The minimum absolute atomic E-state index is 0.0891. The van der Waals surface area contributed by atoms with E-state index in [0.717, 1.165) is 11.1 Å². The first-order valence-electron chi connectivity index (χ1n) is 7.75. The molecule has 1 rings (SSSR count). The molecule has 2 amide bonds. The summed E-state index contributed by atoms with van der Waals surface area (Å²) in [6.45, 7) is 5.91. The number of benzene rings is 1. The van der Waals surface area contributed by atoms with Gasteiger partial charge in [-0.2, -0.15) is 0 Å². The number of hydrogen-bond donors (Lipinski definition) is 2. The summed E-state index contributed by atoms with van der Waals surface area (Å²) in [6, 6.07) is 7.81. The fourth-order valence-corrected chi connectivity index (χ4v) is 2.40.